The van der Waals surface area contributed by atoms with Crippen LogP contribution >= 0.6 is 0 Å². The van der Waals surface area contributed by atoms with E-state index in [9.17, 15) is 4.79 Å². The monoisotopic (exact) mass is 266 g/mol. The molecule has 0 radical (unpaired) electrons. The largest absolute Gasteiger partial charge is 0.464 e. The number of likely N-dealkylation sites (N-methyl/N-ethyl adjacent to an activating group) is 1. The SMILES string of the molecule is Cc1ccc(CN(C)C(=O)CN2CCC(CO)C2)o1. The number of aliphatic hydroxyl groups is 1. The Bertz CT molecular complexity index is 430. The number of likely N-dealkylation sites (tertiary alicyclic amines) is 1. The highest BCUT2D eigenvalue weighted by atomic mass is 16.3. The van der Waals surface area contributed by atoms with Crippen molar-refractivity contribution in [3.05, 3.63) is 23.7 Å². The first kappa shape index (κ1) is 14.1. The smallest absolute Gasteiger partial charge is 0.236 e. The molecule has 0 spiro atoms. The number of aliphatic hydroxyl groups excluding tert-OH is 1. The van der Waals surface area contributed by atoms with Gasteiger partial charge >= 0.3 is 0 Å². The Morgan fingerprint density at radius 1 is 1.58 bits per heavy atom. The molecule has 2 rings (SSSR count). The van der Waals surface area contributed by atoms with E-state index in [-0.39, 0.29) is 12.5 Å². The van der Waals surface area contributed by atoms with Crippen molar-refractivity contribution in [2.45, 2.75) is 19.9 Å². The third-order valence-corrected chi connectivity index (χ3v) is 3.60. The minimum absolute atomic E-state index is 0.0904. The maximum Gasteiger partial charge on any atom is 0.236 e. The average molecular weight is 266 g/mol. The van der Waals surface area contributed by atoms with Gasteiger partial charge in [-0.15, -0.1) is 0 Å². The average Bonchev–Trinajstić information content (AvgIpc) is 2.98. The molecule has 1 aromatic heterocycles. The number of hydrogen-bond donors (Lipinski definition) is 1. The molecule has 1 aliphatic rings. The second-order valence-corrected chi connectivity index (χ2v) is 5.33. The van der Waals surface area contributed by atoms with Gasteiger partial charge < -0.3 is 14.4 Å². The van der Waals surface area contributed by atoms with Crippen LogP contribution in [0.25, 0.3) is 0 Å². The molecule has 1 aliphatic heterocycles. The van der Waals surface area contributed by atoms with Crippen LogP contribution in [0.4, 0.5) is 0 Å². The summed E-state index contributed by atoms with van der Waals surface area (Å²) in [7, 11) is 1.79. The van der Waals surface area contributed by atoms with Crippen molar-refractivity contribution in [3.8, 4) is 0 Å². The number of furan rings is 1. The van der Waals surface area contributed by atoms with Gasteiger partial charge in [-0.25, -0.2) is 0 Å². The number of hydrogen-bond acceptors (Lipinski definition) is 4. The van der Waals surface area contributed by atoms with Crippen LogP contribution in [0.3, 0.4) is 0 Å². The van der Waals surface area contributed by atoms with Crippen molar-refractivity contribution in [2.75, 3.05) is 33.3 Å². The van der Waals surface area contributed by atoms with Crippen LogP contribution in [0.1, 0.15) is 17.9 Å². The lowest BCUT2D eigenvalue weighted by Crippen LogP contribution is -2.37. The van der Waals surface area contributed by atoms with E-state index in [0.29, 0.717) is 19.0 Å². The first-order valence-electron chi connectivity index (χ1n) is 6.71. The molecule has 0 bridgehead atoms. The standard InChI is InChI=1S/C14H22N2O3/c1-11-3-4-13(19-11)8-15(2)14(18)9-16-6-5-12(7-16)10-17/h3-4,12,17H,5-10H2,1-2H3. The molecule has 5 nitrogen and oxygen atoms in total. The van der Waals surface area contributed by atoms with E-state index in [2.05, 4.69) is 4.90 Å². The normalized spacial score (nSPS) is 19.8. The predicted octanol–water partition coefficient (Wildman–Crippen LogP) is 0.861. The van der Waals surface area contributed by atoms with Crippen molar-refractivity contribution in [3.63, 3.8) is 0 Å². The van der Waals surface area contributed by atoms with E-state index in [4.69, 9.17) is 9.52 Å². The van der Waals surface area contributed by atoms with E-state index in [1.54, 1.807) is 11.9 Å². The Morgan fingerprint density at radius 3 is 2.95 bits per heavy atom. The molecular formula is C14H22N2O3. The van der Waals surface area contributed by atoms with Crippen LogP contribution in [0.2, 0.25) is 0 Å². The first-order chi connectivity index (χ1) is 9.08. The van der Waals surface area contributed by atoms with Gasteiger partial charge in [0.05, 0.1) is 13.1 Å². The molecule has 1 atom stereocenters. The molecule has 1 unspecified atom stereocenters. The van der Waals surface area contributed by atoms with Gasteiger partial charge in [0.1, 0.15) is 11.5 Å². The Morgan fingerprint density at radius 2 is 2.37 bits per heavy atom. The number of aryl methyl sites for hydroxylation is 1. The number of rotatable bonds is 5. The first-order valence-corrected chi connectivity index (χ1v) is 6.71. The van der Waals surface area contributed by atoms with Crippen molar-refractivity contribution >= 4 is 5.91 Å². The lowest BCUT2D eigenvalue weighted by atomic mass is 10.1. The van der Waals surface area contributed by atoms with Gasteiger partial charge in [0.2, 0.25) is 5.91 Å². The fourth-order valence-electron chi connectivity index (χ4n) is 2.41. The molecule has 2 heterocycles. The highest BCUT2D eigenvalue weighted by Gasteiger charge is 2.24. The lowest BCUT2D eigenvalue weighted by molar-refractivity contribution is -0.131. The van der Waals surface area contributed by atoms with Crippen LogP contribution < -0.4 is 0 Å². The molecule has 5 heteroatoms. The molecule has 1 saturated heterocycles. The molecular weight excluding hydrogens is 244 g/mol. The van der Waals surface area contributed by atoms with Gasteiger partial charge in [0.15, 0.2) is 0 Å². The Kier molecular flexibility index (Phi) is 4.61. The Labute approximate surface area is 113 Å². The van der Waals surface area contributed by atoms with E-state index in [0.717, 1.165) is 31.0 Å². The van der Waals surface area contributed by atoms with Crippen LogP contribution in [0.15, 0.2) is 16.5 Å². The zero-order valence-electron chi connectivity index (χ0n) is 11.6. The summed E-state index contributed by atoms with van der Waals surface area (Å²) < 4.78 is 5.47. The summed E-state index contributed by atoms with van der Waals surface area (Å²) in [5.74, 6) is 2.09. The molecule has 19 heavy (non-hydrogen) atoms. The molecule has 1 aromatic rings. The Balaban J connectivity index is 1.79. The second kappa shape index (κ2) is 6.21. The fourth-order valence-corrected chi connectivity index (χ4v) is 2.41. The third-order valence-electron chi connectivity index (χ3n) is 3.60. The summed E-state index contributed by atoms with van der Waals surface area (Å²) in [6.07, 6.45) is 0.977. The minimum atomic E-state index is 0.0904. The van der Waals surface area contributed by atoms with Crippen molar-refractivity contribution < 1.29 is 14.3 Å². The lowest BCUT2D eigenvalue weighted by Gasteiger charge is -2.20. The van der Waals surface area contributed by atoms with E-state index >= 15 is 0 Å². The number of carbonyl (C=O) groups excluding carboxylic acids is 1. The summed E-state index contributed by atoms with van der Waals surface area (Å²) in [4.78, 5) is 15.9. The zero-order chi connectivity index (χ0) is 13.8. The van der Waals surface area contributed by atoms with Gasteiger partial charge in [-0.2, -0.15) is 0 Å². The van der Waals surface area contributed by atoms with Gasteiger partial charge in [0.25, 0.3) is 0 Å². The zero-order valence-corrected chi connectivity index (χ0v) is 11.6. The van der Waals surface area contributed by atoms with Crippen LogP contribution in [-0.4, -0.2) is 54.1 Å². The summed E-state index contributed by atoms with van der Waals surface area (Å²) in [5.41, 5.74) is 0. The molecule has 106 valence electrons. The van der Waals surface area contributed by atoms with E-state index < -0.39 is 0 Å². The highest BCUT2D eigenvalue weighted by Crippen LogP contribution is 2.15. The van der Waals surface area contributed by atoms with Crippen molar-refractivity contribution in [1.82, 2.24) is 9.80 Å². The summed E-state index contributed by atoms with van der Waals surface area (Å²) in [6, 6.07) is 3.80. The van der Waals surface area contributed by atoms with Gasteiger partial charge in [0, 0.05) is 20.2 Å². The van der Waals surface area contributed by atoms with Crippen molar-refractivity contribution in [1.29, 1.82) is 0 Å². The summed E-state index contributed by atoms with van der Waals surface area (Å²) in [5, 5.41) is 9.09. The van der Waals surface area contributed by atoms with E-state index in [1.165, 1.54) is 0 Å². The number of nitrogens with zero attached hydrogens (tertiary/aromatic N) is 2. The maximum absolute atomic E-state index is 12.1. The van der Waals surface area contributed by atoms with Crippen LogP contribution in [0.5, 0.6) is 0 Å². The summed E-state index contributed by atoms with van der Waals surface area (Å²) in [6.45, 7) is 4.74. The molecule has 0 aliphatic carbocycles. The fraction of sp³-hybridized carbons (Fsp3) is 0.643. The van der Waals surface area contributed by atoms with Crippen LogP contribution in [-0.2, 0) is 11.3 Å². The second-order valence-electron chi connectivity index (χ2n) is 5.33. The van der Waals surface area contributed by atoms with Gasteiger partial charge in [-0.1, -0.05) is 0 Å². The molecule has 0 aromatic carbocycles. The topological polar surface area (TPSA) is 56.9 Å². The molecule has 1 amide bonds. The molecule has 1 fully saturated rings. The molecule has 0 saturated carbocycles. The number of amides is 1. The number of carbonyl (C=O) groups is 1. The van der Waals surface area contributed by atoms with Crippen LogP contribution in [0, 0.1) is 12.8 Å². The minimum Gasteiger partial charge on any atom is -0.464 e. The molecule has 1 N–H and O–H groups in total. The Hall–Kier alpha value is -1.33. The predicted molar refractivity (Wildman–Crippen MR) is 71.6 cm³/mol. The summed E-state index contributed by atoms with van der Waals surface area (Å²) >= 11 is 0. The third kappa shape index (κ3) is 3.81. The highest BCUT2D eigenvalue weighted by molar-refractivity contribution is 5.77. The van der Waals surface area contributed by atoms with Gasteiger partial charge in [-0.3, -0.25) is 9.69 Å². The van der Waals surface area contributed by atoms with Gasteiger partial charge in [-0.05, 0) is 37.9 Å². The van der Waals surface area contributed by atoms with Crippen molar-refractivity contribution in [2.24, 2.45) is 5.92 Å². The van der Waals surface area contributed by atoms with E-state index in [1.807, 2.05) is 19.1 Å². The quantitative estimate of drug-likeness (QED) is 0.859. The maximum atomic E-state index is 12.1.